The van der Waals surface area contributed by atoms with Gasteiger partial charge in [0.15, 0.2) is 5.79 Å². The largest absolute Gasteiger partial charge is 0.497 e. The van der Waals surface area contributed by atoms with Gasteiger partial charge in [-0.3, -0.25) is 0 Å². The number of carbonyl (C=O) groups is 1. The molecule has 1 aliphatic heterocycles. The number of carboxylic acid groups (broad SMARTS) is 1. The first-order valence-electron chi connectivity index (χ1n) is 11.6. The summed E-state index contributed by atoms with van der Waals surface area (Å²) < 4.78 is 22.5. The Labute approximate surface area is 204 Å². The van der Waals surface area contributed by atoms with Crippen molar-refractivity contribution in [3.05, 3.63) is 72.0 Å². The zero-order valence-corrected chi connectivity index (χ0v) is 20.0. The van der Waals surface area contributed by atoms with Crippen LogP contribution < -0.4 is 9.47 Å². The molecule has 2 N–H and O–H groups in total. The fourth-order valence-corrected chi connectivity index (χ4v) is 4.53. The van der Waals surface area contributed by atoms with Gasteiger partial charge in [0, 0.05) is 25.5 Å². The molecule has 0 amide bonds. The van der Waals surface area contributed by atoms with Crippen LogP contribution in [0.4, 0.5) is 0 Å². The van der Waals surface area contributed by atoms with Gasteiger partial charge in [-0.1, -0.05) is 18.2 Å². The molecule has 184 valence electrons. The Hall–Kier alpha value is -3.39. The van der Waals surface area contributed by atoms with E-state index in [2.05, 4.69) is 0 Å². The highest BCUT2D eigenvalue weighted by Crippen LogP contribution is 2.37. The van der Waals surface area contributed by atoms with Crippen molar-refractivity contribution in [1.29, 1.82) is 0 Å². The van der Waals surface area contributed by atoms with Crippen molar-refractivity contribution in [3.8, 4) is 22.6 Å². The molecule has 0 bridgehead atoms. The molecule has 3 aromatic carbocycles. The zero-order valence-electron chi connectivity index (χ0n) is 20.0. The minimum atomic E-state index is -1.10. The van der Waals surface area contributed by atoms with Gasteiger partial charge in [0.2, 0.25) is 0 Å². The highest BCUT2D eigenvalue weighted by Gasteiger charge is 2.31. The van der Waals surface area contributed by atoms with Gasteiger partial charge in [-0.2, -0.15) is 0 Å². The summed E-state index contributed by atoms with van der Waals surface area (Å²) in [4.78, 5) is 12.0. The summed E-state index contributed by atoms with van der Waals surface area (Å²) in [5.41, 5.74) is 1.87. The van der Waals surface area contributed by atoms with Crippen LogP contribution in [-0.2, 0) is 16.1 Å². The molecular weight excluding hydrogens is 448 g/mol. The standard InChI is InChI=1S/C28H30O7/c1-32-21-8-6-19(7-9-21)26-23-11-10-22(16-20(23)17-24(27(30)31)25(26)18-29)34-14-5-13-28(33-2)12-3-4-15-35-28/h5-11,14,16-17,29H,3-4,12-13,15,18H2,1-2H3,(H,30,31). The highest BCUT2D eigenvalue weighted by molar-refractivity contribution is 6.05. The maximum atomic E-state index is 12.0. The lowest BCUT2D eigenvalue weighted by atomic mass is 9.89. The molecule has 1 unspecified atom stereocenters. The van der Waals surface area contributed by atoms with Crippen molar-refractivity contribution < 1.29 is 34.0 Å². The summed E-state index contributed by atoms with van der Waals surface area (Å²) in [6.07, 6.45) is 6.98. The van der Waals surface area contributed by atoms with Crippen molar-refractivity contribution in [2.45, 2.75) is 38.1 Å². The number of methoxy groups -OCH3 is 2. The number of ether oxygens (including phenoxy) is 4. The molecule has 0 aromatic heterocycles. The number of aliphatic hydroxyl groups excluding tert-OH is 1. The van der Waals surface area contributed by atoms with E-state index in [9.17, 15) is 15.0 Å². The Morgan fingerprint density at radius 2 is 1.86 bits per heavy atom. The first-order valence-corrected chi connectivity index (χ1v) is 11.6. The topological polar surface area (TPSA) is 94.5 Å². The SMILES string of the molecule is COc1ccc(-c2c(CO)c(C(=O)O)cc3cc(OC=CCC4(OC)CCCCO4)ccc23)cc1. The van der Waals surface area contributed by atoms with Gasteiger partial charge >= 0.3 is 5.97 Å². The summed E-state index contributed by atoms with van der Waals surface area (Å²) in [5.74, 6) is -0.451. The number of benzene rings is 3. The van der Waals surface area contributed by atoms with E-state index < -0.39 is 18.4 Å². The van der Waals surface area contributed by atoms with Gasteiger partial charge < -0.3 is 29.2 Å². The van der Waals surface area contributed by atoms with Gasteiger partial charge in [-0.05, 0) is 71.1 Å². The summed E-state index contributed by atoms with van der Waals surface area (Å²) >= 11 is 0. The number of aromatic carboxylic acids is 1. The maximum Gasteiger partial charge on any atom is 0.336 e. The smallest absolute Gasteiger partial charge is 0.336 e. The lowest BCUT2D eigenvalue weighted by molar-refractivity contribution is -0.239. The monoisotopic (exact) mass is 478 g/mol. The van der Waals surface area contributed by atoms with Crippen LogP contribution in [0.25, 0.3) is 21.9 Å². The van der Waals surface area contributed by atoms with Crippen molar-refractivity contribution in [2.24, 2.45) is 0 Å². The van der Waals surface area contributed by atoms with E-state index in [0.29, 0.717) is 41.0 Å². The van der Waals surface area contributed by atoms with Gasteiger partial charge in [0.25, 0.3) is 0 Å². The van der Waals surface area contributed by atoms with Crippen LogP contribution in [0.5, 0.6) is 11.5 Å². The van der Waals surface area contributed by atoms with Crippen LogP contribution in [0.3, 0.4) is 0 Å². The molecule has 3 aromatic rings. The molecule has 35 heavy (non-hydrogen) atoms. The molecule has 1 heterocycles. The van der Waals surface area contributed by atoms with Crippen LogP contribution >= 0.6 is 0 Å². The van der Waals surface area contributed by atoms with Crippen LogP contribution in [-0.4, -0.2) is 42.8 Å². The zero-order chi connectivity index (χ0) is 24.8. The Kier molecular flexibility index (Phi) is 7.70. The average molecular weight is 479 g/mol. The van der Waals surface area contributed by atoms with Crippen LogP contribution in [0.15, 0.2) is 60.9 Å². The molecule has 1 aliphatic rings. The van der Waals surface area contributed by atoms with E-state index in [-0.39, 0.29) is 5.56 Å². The van der Waals surface area contributed by atoms with E-state index in [0.717, 1.165) is 30.2 Å². The van der Waals surface area contributed by atoms with Crippen LogP contribution in [0, 0.1) is 0 Å². The molecule has 4 rings (SSSR count). The molecule has 1 fully saturated rings. The van der Waals surface area contributed by atoms with Crippen molar-refractivity contribution >= 4 is 16.7 Å². The third kappa shape index (κ3) is 5.32. The van der Waals surface area contributed by atoms with Crippen molar-refractivity contribution in [1.82, 2.24) is 0 Å². The van der Waals surface area contributed by atoms with E-state index >= 15 is 0 Å². The fraction of sp³-hybridized carbons (Fsp3) is 0.321. The minimum Gasteiger partial charge on any atom is -0.497 e. The molecular formula is C28H30O7. The molecule has 0 saturated carbocycles. The first kappa shape index (κ1) is 24.7. The molecule has 7 heteroatoms. The molecule has 1 atom stereocenters. The quantitative estimate of drug-likeness (QED) is 0.390. The van der Waals surface area contributed by atoms with Gasteiger partial charge in [0.05, 0.1) is 32.1 Å². The third-order valence-corrected chi connectivity index (χ3v) is 6.40. The lowest BCUT2D eigenvalue weighted by Gasteiger charge is -2.35. The number of fused-ring (bicyclic) bond motifs is 1. The molecule has 0 spiro atoms. The Morgan fingerprint density at radius 1 is 1.09 bits per heavy atom. The van der Waals surface area contributed by atoms with Crippen molar-refractivity contribution in [2.75, 3.05) is 20.8 Å². The second-order valence-corrected chi connectivity index (χ2v) is 8.47. The van der Waals surface area contributed by atoms with Gasteiger partial charge in [-0.15, -0.1) is 0 Å². The summed E-state index contributed by atoms with van der Waals surface area (Å²) in [7, 11) is 3.24. The summed E-state index contributed by atoms with van der Waals surface area (Å²) in [6, 6.07) is 14.4. The predicted molar refractivity (Wildman–Crippen MR) is 133 cm³/mol. The number of aliphatic hydroxyl groups is 1. The van der Waals surface area contributed by atoms with E-state index in [1.54, 1.807) is 44.7 Å². The van der Waals surface area contributed by atoms with E-state index in [4.69, 9.17) is 18.9 Å². The second kappa shape index (κ2) is 10.9. The molecule has 1 saturated heterocycles. The number of hydrogen-bond donors (Lipinski definition) is 2. The summed E-state index contributed by atoms with van der Waals surface area (Å²) in [6.45, 7) is 0.286. The van der Waals surface area contributed by atoms with Crippen LogP contribution in [0.2, 0.25) is 0 Å². The average Bonchev–Trinajstić information content (AvgIpc) is 2.90. The minimum absolute atomic E-state index is 0.0509. The number of rotatable bonds is 9. The van der Waals surface area contributed by atoms with Crippen LogP contribution in [0.1, 0.15) is 41.6 Å². The Balaban J connectivity index is 1.67. The lowest BCUT2D eigenvalue weighted by Crippen LogP contribution is -2.37. The number of hydrogen-bond acceptors (Lipinski definition) is 6. The predicted octanol–water partition coefficient (Wildman–Crippen LogP) is 5.53. The first-order chi connectivity index (χ1) is 17.0. The summed E-state index contributed by atoms with van der Waals surface area (Å²) in [5, 5.41) is 21.4. The molecule has 0 radical (unpaired) electrons. The Bertz CT molecular complexity index is 1210. The highest BCUT2D eigenvalue weighted by atomic mass is 16.7. The Morgan fingerprint density at radius 3 is 2.49 bits per heavy atom. The van der Waals surface area contributed by atoms with Gasteiger partial charge in [-0.25, -0.2) is 4.79 Å². The van der Waals surface area contributed by atoms with E-state index in [1.165, 1.54) is 0 Å². The normalized spacial score (nSPS) is 18.1. The maximum absolute atomic E-state index is 12.0. The third-order valence-electron chi connectivity index (χ3n) is 6.40. The van der Waals surface area contributed by atoms with Gasteiger partial charge in [0.1, 0.15) is 11.5 Å². The van der Waals surface area contributed by atoms with Crippen molar-refractivity contribution in [3.63, 3.8) is 0 Å². The number of carboxylic acids is 1. The second-order valence-electron chi connectivity index (χ2n) is 8.47. The van der Waals surface area contributed by atoms with E-state index in [1.807, 2.05) is 30.3 Å². The molecule has 7 nitrogen and oxygen atoms in total. The fourth-order valence-electron chi connectivity index (χ4n) is 4.53. The molecule has 0 aliphatic carbocycles.